The summed E-state index contributed by atoms with van der Waals surface area (Å²) in [7, 11) is 1.52. The smallest absolute Gasteiger partial charge is 0.169 e. The first-order valence-electron chi connectivity index (χ1n) is 7.82. The Morgan fingerprint density at radius 1 is 1.35 bits per heavy atom. The van der Waals surface area contributed by atoms with Crippen LogP contribution >= 0.6 is 0 Å². The van der Waals surface area contributed by atoms with Gasteiger partial charge in [0.15, 0.2) is 11.6 Å². The predicted octanol–water partition coefficient (Wildman–Crippen LogP) is 4.46. The number of halogens is 1. The molecule has 1 aromatic rings. The Balaban J connectivity index is 2.16. The summed E-state index contributed by atoms with van der Waals surface area (Å²) in [6, 6.07) is 5.56. The second kappa shape index (κ2) is 7.63. The van der Waals surface area contributed by atoms with Crippen LogP contribution in [0.5, 0.6) is 5.75 Å². The Labute approximate surface area is 121 Å². The van der Waals surface area contributed by atoms with Gasteiger partial charge in [-0.05, 0) is 31.4 Å². The van der Waals surface area contributed by atoms with Crippen molar-refractivity contribution < 1.29 is 9.13 Å². The molecule has 3 heteroatoms. The summed E-state index contributed by atoms with van der Waals surface area (Å²) in [5, 5.41) is 3.51. The number of benzene rings is 1. The maximum absolute atomic E-state index is 14.5. The van der Waals surface area contributed by atoms with Crippen LogP contribution in [-0.4, -0.2) is 13.7 Å². The zero-order chi connectivity index (χ0) is 14.4. The molecule has 1 unspecified atom stereocenters. The zero-order valence-electron chi connectivity index (χ0n) is 12.6. The third-order valence-electron chi connectivity index (χ3n) is 4.27. The Kier molecular flexibility index (Phi) is 5.84. The van der Waals surface area contributed by atoms with Gasteiger partial charge in [0.2, 0.25) is 0 Å². The van der Waals surface area contributed by atoms with Crippen LogP contribution in [0.3, 0.4) is 0 Å². The van der Waals surface area contributed by atoms with Crippen molar-refractivity contribution in [1.29, 1.82) is 0 Å². The fourth-order valence-corrected chi connectivity index (χ4v) is 3.17. The minimum absolute atomic E-state index is 0.105. The quantitative estimate of drug-likeness (QED) is 0.796. The average Bonchev–Trinajstić information content (AvgIpc) is 2.97. The van der Waals surface area contributed by atoms with E-state index in [2.05, 4.69) is 12.2 Å². The van der Waals surface area contributed by atoms with Crippen molar-refractivity contribution in [2.75, 3.05) is 13.7 Å². The van der Waals surface area contributed by atoms with Crippen molar-refractivity contribution in [3.8, 4) is 5.75 Å². The summed E-state index contributed by atoms with van der Waals surface area (Å²) in [4.78, 5) is 0. The highest BCUT2D eigenvalue weighted by molar-refractivity contribution is 5.33. The van der Waals surface area contributed by atoms with E-state index in [0.717, 1.165) is 30.9 Å². The number of nitrogens with one attached hydrogen (secondary N) is 1. The van der Waals surface area contributed by atoms with E-state index in [0.29, 0.717) is 5.75 Å². The molecule has 0 aromatic heterocycles. The number of hydrogen-bond donors (Lipinski definition) is 1. The van der Waals surface area contributed by atoms with Crippen LogP contribution in [0.1, 0.15) is 57.1 Å². The SMILES string of the molecule is CCCNC(CC1CCCC1)c1cccc(OC)c1F. The molecule has 1 fully saturated rings. The molecule has 1 aliphatic carbocycles. The number of methoxy groups -OCH3 is 1. The van der Waals surface area contributed by atoms with E-state index >= 15 is 0 Å². The average molecular weight is 279 g/mol. The highest BCUT2D eigenvalue weighted by Crippen LogP contribution is 2.35. The van der Waals surface area contributed by atoms with Gasteiger partial charge < -0.3 is 10.1 Å². The summed E-state index contributed by atoms with van der Waals surface area (Å²) >= 11 is 0. The van der Waals surface area contributed by atoms with Gasteiger partial charge in [0, 0.05) is 11.6 Å². The molecule has 2 nitrogen and oxygen atoms in total. The van der Waals surface area contributed by atoms with Gasteiger partial charge in [-0.2, -0.15) is 0 Å². The lowest BCUT2D eigenvalue weighted by Crippen LogP contribution is -2.25. The third kappa shape index (κ3) is 3.72. The number of ether oxygens (including phenoxy) is 1. The van der Waals surface area contributed by atoms with Gasteiger partial charge in [0.1, 0.15) is 0 Å². The van der Waals surface area contributed by atoms with Gasteiger partial charge >= 0.3 is 0 Å². The van der Waals surface area contributed by atoms with Crippen LogP contribution < -0.4 is 10.1 Å². The zero-order valence-corrected chi connectivity index (χ0v) is 12.6. The van der Waals surface area contributed by atoms with Gasteiger partial charge in [-0.1, -0.05) is 44.7 Å². The van der Waals surface area contributed by atoms with Crippen molar-refractivity contribution in [3.05, 3.63) is 29.6 Å². The fourth-order valence-electron chi connectivity index (χ4n) is 3.17. The Hall–Kier alpha value is -1.09. The maximum Gasteiger partial charge on any atom is 0.169 e. The molecule has 0 amide bonds. The first kappa shape index (κ1) is 15.3. The number of rotatable bonds is 7. The topological polar surface area (TPSA) is 21.3 Å². The lowest BCUT2D eigenvalue weighted by atomic mass is 9.93. The lowest BCUT2D eigenvalue weighted by molar-refractivity contribution is 0.362. The molecule has 1 saturated carbocycles. The molecule has 0 heterocycles. The van der Waals surface area contributed by atoms with Gasteiger partial charge in [0.05, 0.1) is 7.11 Å². The summed E-state index contributed by atoms with van der Waals surface area (Å²) in [6.07, 6.45) is 7.32. The van der Waals surface area contributed by atoms with Crippen molar-refractivity contribution in [3.63, 3.8) is 0 Å². The van der Waals surface area contributed by atoms with Crippen molar-refractivity contribution >= 4 is 0 Å². The molecule has 0 aliphatic heterocycles. The van der Waals surface area contributed by atoms with E-state index in [-0.39, 0.29) is 11.9 Å². The standard InChI is InChI=1S/C17H26FNO/c1-3-11-19-15(12-13-7-4-5-8-13)14-9-6-10-16(20-2)17(14)18/h6,9-10,13,15,19H,3-5,7-8,11-12H2,1-2H3. The van der Waals surface area contributed by atoms with E-state index in [4.69, 9.17) is 4.74 Å². The van der Waals surface area contributed by atoms with Crippen LogP contribution in [0.4, 0.5) is 4.39 Å². The van der Waals surface area contributed by atoms with E-state index in [9.17, 15) is 4.39 Å². The van der Waals surface area contributed by atoms with E-state index < -0.39 is 0 Å². The van der Waals surface area contributed by atoms with Crippen molar-refractivity contribution in [2.45, 2.75) is 51.5 Å². The minimum Gasteiger partial charge on any atom is -0.494 e. The molecule has 1 aromatic carbocycles. The maximum atomic E-state index is 14.5. The van der Waals surface area contributed by atoms with Crippen LogP contribution in [-0.2, 0) is 0 Å². The Morgan fingerprint density at radius 3 is 2.75 bits per heavy atom. The molecule has 2 rings (SSSR count). The second-order valence-electron chi connectivity index (χ2n) is 5.76. The molecule has 0 bridgehead atoms. The molecule has 0 saturated heterocycles. The minimum atomic E-state index is -0.207. The van der Waals surface area contributed by atoms with Crippen LogP contribution in [0.2, 0.25) is 0 Å². The van der Waals surface area contributed by atoms with Gasteiger partial charge in [-0.3, -0.25) is 0 Å². The van der Waals surface area contributed by atoms with Crippen molar-refractivity contribution in [2.24, 2.45) is 5.92 Å². The Bertz CT molecular complexity index is 415. The summed E-state index contributed by atoms with van der Waals surface area (Å²) < 4.78 is 19.6. The Morgan fingerprint density at radius 2 is 2.10 bits per heavy atom. The van der Waals surface area contributed by atoms with Gasteiger partial charge in [-0.15, -0.1) is 0 Å². The fraction of sp³-hybridized carbons (Fsp3) is 0.647. The molecule has 0 spiro atoms. The lowest BCUT2D eigenvalue weighted by Gasteiger charge is -2.23. The highest BCUT2D eigenvalue weighted by Gasteiger charge is 2.24. The molecular weight excluding hydrogens is 253 g/mol. The molecule has 112 valence electrons. The third-order valence-corrected chi connectivity index (χ3v) is 4.27. The molecular formula is C17H26FNO. The summed E-state index contributed by atoms with van der Waals surface area (Å²) in [6.45, 7) is 3.07. The van der Waals surface area contributed by atoms with E-state index in [1.807, 2.05) is 12.1 Å². The predicted molar refractivity (Wildman–Crippen MR) is 80.6 cm³/mol. The van der Waals surface area contributed by atoms with Crippen LogP contribution in [0, 0.1) is 11.7 Å². The molecule has 1 aliphatic rings. The summed E-state index contributed by atoms with van der Waals surface area (Å²) in [5.41, 5.74) is 0.754. The van der Waals surface area contributed by atoms with E-state index in [1.165, 1.54) is 32.8 Å². The monoisotopic (exact) mass is 279 g/mol. The largest absolute Gasteiger partial charge is 0.494 e. The van der Waals surface area contributed by atoms with Crippen LogP contribution in [0.15, 0.2) is 18.2 Å². The molecule has 20 heavy (non-hydrogen) atoms. The normalized spacial score (nSPS) is 17.4. The molecule has 1 N–H and O–H groups in total. The van der Waals surface area contributed by atoms with Crippen molar-refractivity contribution in [1.82, 2.24) is 5.32 Å². The second-order valence-corrected chi connectivity index (χ2v) is 5.76. The molecule has 0 radical (unpaired) electrons. The summed E-state index contributed by atoms with van der Waals surface area (Å²) in [5.74, 6) is 0.869. The number of hydrogen-bond acceptors (Lipinski definition) is 2. The van der Waals surface area contributed by atoms with Crippen LogP contribution in [0.25, 0.3) is 0 Å². The molecule has 1 atom stereocenters. The highest BCUT2D eigenvalue weighted by atomic mass is 19.1. The first-order chi connectivity index (χ1) is 9.76. The van der Waals surface area contributed by atoms with E-state index in [1.54, 1.807) is 6.07 Å². The van der Waals surface area contributed by atoms with Gasteiger partial charge in [0.25, 0.3) is 0 Å². The first-order valence-corrected chi connectivity index (χ1v) is 7.82. The van der Waals surface area contributed by atoms with Gasteiger partial charge in [-0.25, -0.2) is 4.39 Å².